The zero-order valence-corrected chi connectivity index (χ0v) is 16.4. The van der Waals surface area contributed by atoms with Crippen molar-refractivity contribution >= 4 is 17.6 Å². The molecule has 1 heterocycles. The minimum atomic E-state index is -0.847. The van der Waals surface area contributed by atoms with Crippen LogP contribution in [0.5, 0.6) is 0 Å². The molecule has 1 fully saturated rings. The Labute approximate surface area is 165 Å². The predicted molar refractivity (Wildman–Crippen MR) is 107 cm³/mol. The van der Waals surface area contributed by atoms with E-state index in [1.54, 1.807) is 31.4 Å². The lowest BCUT2D eigenvalue weighted by molar-refractivity contribution is -0.130. The molecule has 0 radical (unpaired) electrons. The van der Waals surface area contributed by atoms with E-state index in [0.29, 0.717) is 23.7 Å². The van der Waals surface area contributed by atoms with Crippen LogP contribution in [0, 0.1) is 5.92 Å². The fraction of sp³-hybridized carbons (Fsp3) is 0.455. The maximum absolute atomic E-state index is 12.6. The van der Waals surface area contributed by atoms with Crippen molar-refractivity contribution < 1.29 is 18.7 Å². The van der Waals surface area contributed by atoms with Gasteiger partial charge in [-0.05, 0) is 49.9 Å². The van der Waals surface area contributed by atoms with Gasteiger partial charge in [0.2, 0.25) is 0 Å². The molecule has 1 aliphatic carbocycles. The second-order valence-corrected chi connectivity index (χ2v) is 7.40. The SMILES string of the molecule is C[C@@H](OC(=O)c1ccccc1NCc1ccco1)C(=O)N[C@@H]1CCCC[C@@H]1C. The molecular weight excluding hydrogens is 356 g/mol. The molecule has 0 bridgehead atoms. The average Bonchev–Trinajstić information content (AvgIpc) is 3.22. The highest BCUT2D eigenvalue weighted by molar-refractivity contribution is 5.97. The van der Waals surface area contributed by atoms with Crippen LogP contribution in [0.4, 0.5) is 5.69 Å². The molecule has 6 nitrogen and oxygen atoms in total. The monoisotopic (exact) mass is 384 g/mol. The van der Waals surface area contributed by atoms with E-state index in [-0.39, 0.29) is 11.9 Å². The lowest BCUT2D eigenvalue weighted by Gasteiger charge is -2.30. The van der Waals surface area contributed by atoms with Gasteiger partial charge in [-0.3, -0.25) is 4.79 Å². The molecule has 1 aromatic heterocycles. The topological polar surface area (TPSA) is 80.6 Å². The molecule has 1 amide bonds. The van der Waals surface area contributed by atoms with E-state index in [1.807, 2.05) is 18.2 Å². The number of carbonyl (C=O) groups is 2. The third-order valence-corrected chi connectivity index (χ3v) is 5.27. The van der Waals surface area contributed by atoms with Crippen LogP contribution < -0.4 is 10.6 Å². The van der Waals surface area contributed by atoms with Crippen molar-refractivity contribution in [3.05, 3.63) is 54.0 Å². The third-order valence-electron chi connectivity index (χ3n) is 5.27. The molecule has 2 N–H and O–H groups in total. The Morgan fingerprint density at radius 3 is 2.71 bits per heavy atom. The normalized spacial score (nSPS) is 20.2. The van der Waals surface area contributed by atoms with Crippen LogP contribution in [0.3, 0.4) is 0 Å². The van der Waals surface area contributed by atoms with Crippen LogP contribution in [-0.2, 0) is 16.1 Å². The van der Waals surface area contributed by atoms with Gasteiger partial charge in [-0.25, -0.2) is 4.79 Å². The molecule has 3 rings (SSSR count). The van der Waals surface area contributed by atoms with E-state index >= 15 is 0 Å². The third kappa shape index (κ3) is 5.15. The van der Waals surface area contributed by atoms with Crippen molar-refractivity contribution in [2.75, 3.05) is 5.32 Å². The van der Waals surface area contributed by atoms with Crippen molar-refractivity contribution in [2.45, 2.75) is 58.2 Å². The number of ether oxygens (including phenoxy) is 1. The number of amides is 1. The molecule has 0 unspecified atom stereocenters. The van der Waals surface area contributed by atoms with Crippen LogP contribution >= 0.6 is 0 Å². The molecule has 3 atom stereocenters. The van der Waals surface area contributed by atoms with Crippen molar-refractivity contribution in [3.63, 3.8) is 0 Å². The Balaban J connectivity index is 1.58. The van der Waals surface area contributed by atoms with Crippen molar-refractivity contribution in [1.82, 2.24) is 5.32 Å². The number of esters is 1. The van der Waals surface area contributed by atoms with E-state index in [0.717, 1.165) is 25.0 Å². The number of para-hydroxylation sites is 1. The maximum atomic E-state index is 12.6. The summed E-state index contributed by atoms with van der Waals surface area (Å²) in [4.78, 5) is 25.1. The number of rotatable bonds is 7. The molecule has 0 spiro atoms. The molecule has 0 saturated heterocycles. The zero-order valence-electron chi connectivity index (χ0n) is 16.4. The van der Waals surface area contributed by atoms with Gasteiger partial charge in [-0.1, -0.05) is 31.9 Å². The summed E-state index contributed by atoms with van der Waals surface area (Å²) in [6.07, 6.45) is 5.18. The summed E-state index contributed by atoms with van der Waals surface area (Å²) in [5.41, 5.74) is 1.03. The van der Waals surface area contributed by atoms with Crippen LogP contribution in [0.1, 0.15) is 55.6 Å². The molecular formula is C22H28N2O4. The summed E-state index contributed by atoms with van der Waals surface area (Å²) < 4.78 is 10.7. The number of furan rings is 1. The molecule has 6 heteroatoms. The van der Waals surface area contributed by atoms with Gasteiger partial charge in [0.15, 0.2) is 6.10 Å². The van der Waals surface area contributed by atoms with E-state index in [1.165, 1.54) is 6.42 Å². The smallest absolute Gasteiger partial charge is 0.341 e. The summed E-state index contributed by atoms with van der Waals surface area (Å²) in [6.45, 7) is 4.22. The van der Waals surface area contributed by atoms with E-state index in [9.17, 15) is 9.59 Å². The van der Waals surface area contributed by atoms with Gasteiger partial charge in [-0.2, -0.15) is 0 Å². The molecule has 2 aromatic rings. The predicted octanol–water partition coefficient (Wildman–Crippen LogP) is 4.13. The van der Waals surface area contributed by atoms with Crippen LogP contribution in [0.15, 0.2) is 47.1 Å². The standard InChI is InChI=1S/C22H28N2O4/c1-15-8-3-5-11-19(15)24-21(25)16(2)28-22(26)18-10-4-6-12-20(18)23-14-17-9-7-13-27-17/h4,6-7,9-10,12-13,15-16,19,23H,3,5,8,11,14H2,1-2H3,(H,24,25)/t15-,16+,19+/m0/s1. The first-order valence-corrected chi connectivity index (χ1v) is 9.91. The summed E-state index contributed by atoms with van der Waals surface area (Å²) in [7, 11) is 0. The first-order chi connectivity index (χ1) is 13.5. The van der Waals surface area contributed by atoms with E-state index < -0.39 is 12.1 Å². The van der Waals surface area contributed by atoms with Crippen molar-refractivity contribution in [1.29, 1.82) is 0 Å². The van der Waals surface area contributed by atoms with Gasteiger partial charge < -0.3 is 19.8 Å². The number of anilines is 1. The molecule has 150 valence electrons. The van der Waals surface area contributed by atoms with Crippen molar-refractivity contribution in [3.8, 4) is 0 Å². The van der Waals surface area contributed by atoms with Gasteiger partial charge in [0.25, 0.3) is 5.91 Å². The Bertz CT molecular complexity index is 788. The first-order valence-electron chi connectivity index (χ1n) is 9.91. The zero-order chi connectivity index (χ0) is 19.9. The molecule has 28 heavy (non-hydrogen) atoms. The lowest BCUT2D eigenvalue weighted by Crippen LogP contribution is -2.46. The van der Waals surface area contributed by atoms with Gasteiger partial charge in [0, 0.05) is 11.7 Å². The molecule has 0 aliphatic heterocycles. The molecule has 1 aromatic carbocycles. The number of nitrogens with one attached hydrogen (secondary N) is 2. The van der Waals surface area contributed by atoms with Gasteiger partial charge >= 0.3 is 5.97 Å². The fourth-order valence-electron chi connectivity index (χ4n) is 3.52. The summed E-state index contributed by atoms with van der Waals surface area (Å²) in [6, 6.07) is 10.9. The summed E-state index contributed by atoms with van der Waals surface area (Å²) >= 11 is 0. The first kappa shape index (κ1) is 20.0. The van der Waals surface area contributed by atoms with E-state index in [4.69, 9.17) is 9.15 Å². The highest BCUT2D eigenvalue weighted by Crippen LogP contribution is 2.24. The second-order valence-electron chi connectivity index (χ2n) is 7.40. The van der Waals surface area contributed by atoms with Gasteiger partial charge in [0.05, 0.1) is 18.4 Å². The number of hydrogen-bond acceptors (Lipinski definition) is 5. The number of benzene rings is 1. The fourth-order valence-corrected chi connectivity index (χ4v) is 3.52. The highest BCUT2D eigenvalue weighted by Gasteiger charge is 2.27. The van der Waals surface area contributed by atoms with Gasteiger partial charge in [-0.15, -0.1) is 0 Å². The largest absolute Gasteiger partial charge is 0.467 e. The Kier molecular flexibility index (Phi) is 6.74. The van der Waals surface area contributed by atoms with Crippen LogP contribution in [0.25, 0.3) is 0 Å². The quantitative estimate of drug-likeness (QED) is 0.702. The minimum absolute atomic E-state index is 0.157. The van der Waals surface area contributed by atoms with E-state index in [2.05, 4.69) is 17.6 Å². The van der Waals surface area contributed by atoms with Crippen LogP contribution in [0.2, 0.25) is 0 Å². The lowest BCUT2D eigenvalue weighted by atomic mass is 9.86. The number of carbonyl (C=O) groups excluding carboxylic acids is 2. The maximum Gasteiger partial charge on any atom is 0.341 e. The summed E-state index contributed by atoms with van der Waals surface area (Å²) in [5.74, 6) is 0.444. The Morgan fingerprint density at radius 2 is 1.96 bits per heavy atom. The highest BCUT2D eigenvalue weighted by atomic mass is 16.5. The summed E-state index contributed by atoms with van der Waals surface area (Å²) in [5, 5.41) is 6.21. The Morgan fingerprint density at radius 1 is 1.18 bits per heavy atom. The van der Waals surface area contributed by atoms with Gasteiger partial charge in [0.1, 0.15) is 5.76 Å². The van der Waals surface area contributed by atoms with Crippen LogP contribution in [-0.4, -0.2) is 24.0 Å². The number of hydrogen-bond donors (Lipinski definition) is 2. The minimum Gasteiger partial charge on any atom is -0.467 e. The molecule has 1 aliphatic rings. The van der Waals surface area contributed by atoms with Crippen molar-refractivity contribution in [2.24, 2.45) is 5.92 Å². The average molecular weight is 384 g/mol. The molecule has 1 saturated carbocycles. The second kappa shape index (κ2) is 9.44. The Hall–Kier alpha value is -2.76.